The number of imide groups is 1. The van der Waals surface area contributed by atoms with Crippen LogP contribution >= 0.6 is 0 Å². The van der Waals surface area contributed by atoms with E-state index in [4.69, 9.17) is 5.11 Å². The molecule has 78 valence electrons. The van der Waals surface area contributed by atoms with E-state index in [1.807, 2.05) is 0 Å². The van der Waals surface area contributed by atoms with Gasteiger partial charge in [-0.15, -0.1) is 0 Å². The number of hydrogen-bond donors (Lipinski definition) is 2. The minimum Gasteiger partial charge on any atom is -0.480 e. The summed E-state index contributed by atoms with van der Waals surface area (Å²) in [5.41, 5.74) is 0. The molecule has 0 bridgehead atoms. The fourth-order valence-corrected chi connectivity index (χ4v) is 1.35. The molecule has 2 unspecified atom stereocenters. The lowest BCUT2D eigenvalue weighted by molar-refractivity contribution is -0.149. The van der Waals surface area contributed by atoms with Crippen LogP contribution in [0.3, 0.4) is 0 Å². The van der Waals surface area contributed by atoms with Gasteiger partial charge in [-0.2, -0.15) is 0 Å². The van der Waals surface area contributed by atoms with Crippen molar-refractivity contribution in [3.8, 4) is 0 Å². The van der Waals surface area contributed by atoms with Crippen molar-refractivity contribution in [1.29, 1.82) is 0 Å². The van der Waals surface area contributed by atoms with Crippen LogP contribution in [0.25, 0.3) is 0 Å². The number of piperazine rings is 1. The van der Waals surface area contributed by atoms with Crippen molar-refractivity contribution in [2.75, 3.05) is 6.54 Å². The summed E-state index contributed by atoms with van der Waals surface area (Å²) in [6, 6.07) is -1.42. The fraction of sp³-hybridized carbons (Fsp3) is 0.625. The smallest absolute Gasteiger partial charge is 0.320 e. The van der Waals surface area contributed by atoms with Gasteiger partial charge in [-0.05, 0) is 13.8 Å². The lowest BCUT2D eigenvalue weighted by Crippen LogP contribution is -2.60. The Bertz CT molecular complexity index is 285. The van der Waals surface area contributed by atoms with Crippen molar-refractivity contribution in [3.63, 3.8) is 0 Å². The first-order valence-electron chi connectivity index (χ1n) is 4.25. The Balaban J connectivity index is 2.81. The summed E-state index contributed by atoms with van der Waals surface area (Å²) in [6.07, 6.45) is 0. The van der Waals surface area contributed by atoms with Crippen LogP contribution in [0, 0.1) is 0 Å². The van der Waals surface area contributed by atoms with E-state index in [0.29, 0.717) is 0 Å². The van der Waals surface area contributed by atoms with Gasteiger partial charge in [0.15, 0.2) is 0 Å². The van der Waals surface area contributed by atoms with Crippen molar-refractivity contribution >= 4 is 17.8 Å². The van der Waals surface area contributed by atoms with Crippen molar-refractivity contribution in [2.45, 2.75) is 25.9 Å². The number of amides is 2. The second kappa shape index (κ2) is 3.75. The topological polar surface area (TPSA) is 86.7 Å². The predicted octanol–water partition coefficient (Wildman–Crippen LogP) is -1.19. The van der Waals surface area contributed by atoms with Gasteiger partial charge in [0.2, 0.25) is 11.8 Å². The molecule has 0 aliphatic carbocycles. The lowest BCUT2D eigenvalue weighted by Gasteiger charge is -2.34. The summed E-state index contributed by atoms with van der Waals surface area (Å²) in [4.78, 5) is 34.2. The molecule has 0 spiro atoms. The number of rotatable bonds is 2. The number of carbonyl (C=O) groups is 3. The summed E-state index contributed by atoms with van der Waals surface area (Å²) in [7, 11) is 0. The molecule has 1 fully saturated rings. The maximum Gasteiger partial charge on any atom is 0.320 e. The SMILES string of the molecule is CC(C(=O)O)N1CC(=O)NC(=O)C1C. The van der Waals surface area contributed by atoms with Crippen LogP contribution in [-0.4, -0.2) is 46.4 Å². The largest absolute Gasteiger partial charge is 0.480 e. The molecular weight excluding hydrogens is 188 g/mol. The zero-order chi connectivity index (χ0) is 10.9. The van der Waals surface area contributed by atoms with Crippen LogP contribution in [-0.2, 0) is 14.4 Å². The Hall–Kier alpha value is -1.43. The third-order valence-electron chi connectivity index (χ3n) is 2.32. The second-order valence-electron chi connectivity index (χ2n) is 3.27. The van der Waals surface area contributed by atoms with Crippen molar-refractivity contribution in [1.82, 2.24) is 10.2 Å². The molecule has 0 aromatic carbocycles. The summed E-state index contributed by atoms with van der Waals surface area (Å²) < 4.78 is 0. The first-order valence-corrected chi connectivity index (χ1v) is 4.25. The number of carboxylic acid groups (broad SMARTS) is 1. The summed E-state index contributed by atoms with van der Waals surface area (Å²) in [6.45, 7) is 2.96. The molecule has 1 aliphatic rings. The lowest BCUT2D eigenvalue weighted by atomic mass is 10.1. The molecule has 6 nitrogen and oxygen atoms in total. The molecule has 1 saturated heterocycles. The molecule has 0 aromatic heterocycles. The molecule has 6 heteroatoms. The quantitative estimate of drug-likeness (QED) is 0.547. The van der Waals surface area contributed by atoms with Crippen LogP contribution in [0.2, 0.25) is 0 Å². The van der Waals surface area contributed by atoms with E-state index in [9.17, 15) is 14.4 Å². The van der Waals surface area contributed by atoms with Gasteiger partial charge in [0.05, 0.1) is 12.6 Å². The predicted molar refractivity (Wildman–Crippen MR) is 46.4 cm³/mol. The third-order valence-corrected chi connectivity index (χ3v) is 2.32. The normalized spacial score (nSPS) is 25.7. The third kappa shape index (κ3) is 1.90. The van der Waals surface area contributed by atoms with Gasteiger partial charge in [-0.3, -0.25) is 24.6 Å². The van der Waals surface area contributed by atoms with Gasteiger partial charge in [-0.25, -0.2) is 0 Å². The van der Waals surface area contributed by atoms with E-state index < -0.39 is 29.9 Å². The number of carbonyl (C=O) groups excluding carboxylic acids is 2. The van der Waals surface area contributed by atoms with Crippen molar-refractivity contribution in [2.24, 2.45) is 0 Å². The van der Waals surface area contributed by atoms with Crippen LogP contribution < -0.4 is 5.32 Å². The number of carboxylic acids is 1. The highest BCUT2D eigenvalue weighted by molar-refractivity contribution is 6.01. The summed E-state index contributed by atoms with van der Waals surface area (Å²) in [5.74, 6) is -1.95. The van der Waals surface area contributed by atoms with Crippen molar-refractivity contribution < 1.29 is 19.5 Å². The zero-order valence-electron chi connectivity index (χ0n) is 7.98. The Kier molecular flexibility index (Phi) is 2.85. The van der Waals surface area contributed by atoms with Crippen molar-refractivity contribution in [3.05, 3.63) is 0 Å². The summed E-state index contributed by atoms with van der Waals surface area (Å²) >= 11 is 0. The monoisotopic (exact) mass is 200 g/mol. The number of nitrogens with zero attached hydrogens (tertiary/aromatic N) is 1. The molecule has 1 aliphatic heterocycles. The first-order chi connectivity index (χ1) is 6.43. The van der Waals surface area contributed by atoms with Crippen LogP contribution in [0.1, 0.15) is 13.8 Å². The van der Waals surface area contributed by atoms with Gasteiger partial charge >= 0.3 is 5.97 Å². The highest BCUT2D eigenvalue weighted by Crippen LogP contribution is 2.09. The Morgan fingerprint density at radius 1 is 1.64 bits per heavy atom. The Labute approximate surface area is 80.9 Å². The molecular formula is C8H12N2O4. The van der Waals surface area contributed by atoms with E-state index in [-0.39, 0.29) is 6.54 Å². The average Bonchev–Trinajstić information content (AvgIpc) is 2.09. The van der Waals surface area contributed by atoms with Gasteiger partial charge < -0.3 is 5.11 Å². The number of aliphatic carboxylic acids is 1. The maximum absolute atomic E-state index is 11.2. The fourth-order valence-electron chi connectivity index (χ4n) is 1.35. The zero-order valence-corrected chi connectivity index (χ0v) is 7.98. The van der Waals surface area contributed by atoms with Gasteiger partial charge in [-0.1, -0.05) is 0 Å². The molecule has 2 atom stereocenters. The molecule has 1 rings (SSSR count). The highest BCUT2D eigenvalue weighted by atomic mass is 16.4. The Morgan fingerprint density at radius 2 is 2.21 bits per heavy atom. The molecule has 14 heavy (non-hydrogen) atoms. The molecule has 2 amide bonds. The highest BCUT2D eigenvalue weighted by Gasteiger charge is 2.35. The Morgan fingerprint density at radius 3 is 2.71 bits per heavy atom. The van der Waals surface area contributed by atoms with Crippen LogP contribution in [0.4, 0.5) is 0 Å². The van der Waals surface area contributed by atoms with E-state index in [2.05, 4.69) is 5.32 Å². The molecule has 0 radical (unpaired) electrons. The van der Waals surface area contributed by atoms with Crippen LogP contribution in [0.15, 0.2) is 0 Å². The van der Waals surface area contributed by atoms with Gasteiger partial charge in [0.25, 0.3) is 0 Å². The average molecular weight is 200 g/mol. The van der Waals surface area contributed by atoms with E-state index in [0.717, 1.165) is 0 Å². The molecule has 2 N–H and O–H groups in total. The number of nitrogens with one attached hydrogen (secondary N) is 1. The van der Waals surface area contributed by atoms with E-state index in [1.54, 1.807) is 6.92 Å². The maximum atomic E-state index is 11.2. The summed E-state index contributed by atoms with van der Waals surface area (Å²) in [5, 5.41) is 10.9. The van der Waals surface area contributed by atoms with E-state index in [1.165, 1.54) is 11.8 Å². The standard InChI is InChI=1S/C8H12N2O4/c1-4-7(12)9-6(11)3-10(4)5(2)8(13)14/h4-5H,3H2,1-2H3,(H,13,14)(H,9,11,12). The number of hydrogen-bond acceptors (Lipinski definition) is 4. The second-order valence-corrected chi connectivity index (χ2v) is 3.27. The van der Waals surface area contributed by atoms with Crippen LogP contribution in [0.5, 0.6) is 0 Å². The van der Waals surface area contributed by atoms with E-state index >= 15 is 0 Å². The molecule has 0 aromatic rings. The van der Waals surface area contributed by atoms with Gasteiger partial charge in [0.1, 0.15) is 6.04 Å². The molecule has 1 heterocycles. The minimum absolute atomic E-state index is 0.0552. The van der Waals surface area contributed by atoms with Gasteiger partial charge in [0, 0.05) is 0 Å². The first kappa shape index (κ1) is 10.6. The molecule has 0 saturated carbocycles. The minimum atomic E-state index is -1.04.